The molecule has 0 unspecified atom stereocenters. The van der Waals surface area contributed by atoms with E-state index in [-0.39, 0.29) is 23.7 Å². The molecule has 0 amide bonds. The number of ketones is 1. The molecule has 0 aromatic rings. The summed E-state index contributed by atoms with van der Waals surface area (Å²) in [4.78, 5) is 22.8. The summed E-state index contributed by atoms with van der Waals surface area (Å²) in [6.07, 6.45) is 2.64. The molecule has 0 saturated carbocycles. The van der Waals surface area contributed by atoms with Gasteiger partial charge in [-0.2, -0.15) is 0 Å². The van der Waals surface area contributed by atoms with Crippen molar-refractivity contribution in [2.24, 2.45) is 5.41 Å². The zero-order chi connectivity index (χ0) is 12.8. The standard InChI is InChI=1S/C13H22O3/c1-6-7-13(4,5)9-11(14)8-12(15)16-10(2)3/h6,10H,1,7-9H2,2-5H3. The Morgan fingerprint density at radius 1 is 1.38 bits per heavy atom. The fraction of sp³-hybridized carbons (Fsp3) is 0.692. The molecule has 92 valence electrons. The molecule has 16 heavy (non-hydrogen) atoms. The Kier molecular flexibility index (Phi) is 6.01. The summed E-state index contributed by atoms with van der Waals surface area (Å²) >= 11 is 0. The zero-order valence-electron chi connectivity index (χ0n) is 10.7. The molecule has 3 nitrogen and oxygen atoms in total. The van der Waals surface area contributed by atoms with E-state index in [4.69, 9.17) is 4.74 Å². The lowest BCUT2D eigenvalue weighted by molar-refractivity contribution is -0.149. The van der Waals surface area contributed by atoms with E-state index >= 15 is 0 Å². The van der Waals surface area contributed by atoms with Gasteiger partial charge in [0.2, 0.25) is 0 Å². The quantitative estimate of drug-likeness (QED) is 0.381. The Labute approximate surface area is 97.9 Å². The van der Waals surface area contributed by atoms with Crippen LogP contribution in [0.1, 0.15) is 47.0 Å². The van der Waals surface area contributed by atoms with Gasteiger partial charge in [0.1, 0.15) is 12.2 Å². The van der Waals surface area contributed by atoms with Gasteiger partial charge in [-0.25, -0.2) is 0 Å². The summed E-state index contributed by atoms with van der Waals surface area (Å²) in [5.41, 5.74) is -0.128. The molecule has 0 aromatic carbocycles. The van der Waals surface area contributed by atoms with Crippen LogP contribution < -0.4 is 0 Å². The first-order chi connectivity index (χ1) is 7.26. The van der Waals surface area contributed by atoms with Crippen LogP contribution in [0.15, 0.2) is 12.7 Å². The van der Waals surface area contributed by atoms with E-state index in [9.17, 15) is 9.59 Å². The fourth-order valence-electron chi connectivity index (χ4n) is 1.52. The highest BCUT2D eigenvalue weighted by Crippen LogP contribution is 2.26. The van der Waals surface area contributed by atoms with Crippen molar-refractivity contribution in [1.29, 1.82) is 0 Å². The first-order valence-corrected chi connectivity index (χ1v) is 5.59. The lowest BCUT2D eigenvalue weighted by Crippen LogP contribution is -2.21. The van der Waals surface area contributed by atoms with Crippen LogP contribution in [-0.2, 0) is 14.3 Å². The van der Waals surface area contributed by atoms with Crippen molar-refractivity contribution in [3.05, 3.63) is 12.7 Å². The summed E-state index contributed by atoms with van der Waals surface area (Å²) in [7, 11) is 0. The summed E-state index contributed by atoms with van der Waals surface area (Å²) in [6, 6.07) is 0. The topological polar surface area (TPSA) is 43.4 Å². The minimum Gasteiger partial charge on any atom is -0.463 e. The molecule has 0 radical (unpaired) electrons. The molecule has 0 heterocycles. The van der Waals surface area contributed by atoms with Gasteiger partial charge >= 0.3 is 5.97 Å². The number of carbonyl (C=O) groups excluding carboxylic acids is 2. The second-order valence-corrected chi connectivity index (χ2v) is 5.09. The number of Topliss-reactive ketones (excluding diaryl/α,β-unsaturated/α-hetero) is 1. The van der Waals surface area contributed by atoms with Crippen molar-refractivity contribution in [1.82, 2.24) is 0 Å². The van der Waals surface area contributed by atoms with Crippen molar-refractivity contribution < 1.29 is 14.3 Å². The van der Waals surface area contributed by atoms with Crippen LogP contribution in [0.2, 0.25) is 0 Å². The molecule has 0 saturated heterocycles. The van der Waals surface area contributed by atoms with Gasteiger partial charge in [-0.05, 0) is 25.7 Å². The van der Waals surface area contributed by atoms with Crippen molar-refractivity contribution in [2.45, 2.75) is 53.1 Å². The predicted molar refractivity (Wildman–Crippen MR) is 64.1 cm³/mol. The number of hydrogen-bond donors (Lipinski definition) is 0. The van der Waals surface area contributed by atoms with Gasteiger partial charge in [-0.3, -0.25) is 9.59 Å². The number of allylic oxidation sites excluding steroid dienone is 1. The van der Waals surface area contributed by atoms with E-state index in [1.165, 1.54) is 0 Å². The predicted octanol–water partition coefficient (Wildman–Crippen LogP) is 2.89. The van der Waals surface area contributed by atoms with Crippen LogP contribution in [0.5, 0.6) is 0 Å². The van der Waals surface area contributed by atoms with E-state index in [0.717, 1.165) is 6.42 Å². The molecule has 0 aliphatic heterocycles. The highest BCUT2D eigenvalue weighted by molar-refractivity contribution is 5.95. The Morgan fingerprint density at radius 2 is 1.94 bits per heavy atom. The molecule has 0 aliphatic carbocycles. The van der Waals surface area contributed by atoms with Gasteiger partial charge in [0.25, 0.3) is 0 Å². The molecule has 0 spiro atoms. The highest BCUT2D eigenvalue weighted by Gasteiger charge is 2.22. The maximum absolute atomic E-state index is 11.6. The maximum Gasteiger partial charge on any atom is 0.313 e. The SMILES string of the molecule is C=CCC(C)(C)CC(=O)CC(=O)OC(C)C. The van der Waals surface area contributed by atoms with Crippen molar-refractivity contribution in [2.75, 3.05) is 0 Å². The van der Waals surface area contributed by atoms with E-state index in [0.29, 0.717) is 6.42 Å². The van der Waals surface area contributed by atoms with Crippen LogP contribution in [0.4, 0.5) is 0 Å². The number of carbonyl (C=O) groups is 2. The Hall–Kier alpha value is -1.12. The largest absolute Gasteiger partial charge is 0.463 e. The van der Waals surface area contributed by atoms with Gasteiger partial charge in [0, 0.05) is 6.42 Å². The molecule has 0 aromatic heterocycles. The van der Waals surface area contributed by atoms with E-state index in [1.54, 1.807) is 19.9 Å². The van der Waals surface area contributed by atoms with Crippen molar-refractivity contribution in [3.8, 4) is 0 Å². The molecule has 0 aliphatic rings. The molecular weight excluding hydrogens is 204 g/mol. The number of rotatable bonds is 7. The molecular formula is C13H22O3. The zero-order valence-corrected chi connectivity index (χ0v) is 10.7. The molecule has 0 fully saturated rings. The number of hydrogen-bond acceptors (Lipinski definition) is 3. The normalized spacial score (nSPS) is 11.3. The third-order valence-electron chi connectivity index (χ3n) is 2.08. The van der Waals surface area contributed by atoms with Crippen LogP contribution in [-0.4, -0.2) is 17.9 Å². The van der Waals surface area contributed by atoms with Crippen molar-refractivity contribution in [3.63, 3.8) is 0 Å². The molecule has 0 N–H and O–H groups in total. The average Bonchev–Trinajstić information content (AvgIpc) is 1.98. The van der Waals surface area contributed by atoms with Crippen LogP contribution >= 0.6 is 0 Å². The maximum atomic E-state index is 11.6. The summed E-state index contributed by atoms with van der Waals surface area (Å²) in [5.74, 6) is -0.507. The number of ether oxygens (including phenoxy) is 1. The monoisotopic (exact) mass is 226 g/mol. The third-order valence-corrected chi connectivity index (χ3v) is 2.08. The first kappa shape index (κ1) is 14.9. The van der Waals surface area contributed by atoms with E-state index in [2.05, 4.69) is 6.58 Å². The van der Waals surface area contributed by atoms with Gasteiger partial charge in [0.15, 0.2) is 0 Å². The van der Waals surface area contributed by atoms with Crippen LogP contribution in [0.3, 0.4) is 0 Å². The lowest BCUT2D eigenvalue weighted by Gasteiger charge is -2.21. The molecule has 0 bridgehead atoms. The minimum atomic E-state index is -0.436. The first-order valence-electron chi connectivity index (χ1n) is 5.59. The van der Waals surface area contributed by atoms with Gasteiger partial charge in [-0.1, -0.05) is 19.9 Å². The lowest BCUT2D eigenvalue weighted by atomic mass is 9.83. The Bertz CT molecular complexity index is 264. The average molecular weight is 226 g/mol. The smallest absolute Gasteiger partial charge is 0.313 e. The number of esters is 1. The van der Waals surface area contributed by atoms with Crippen molar-refractivity contribution >= 4 is 11.8 Å². The van der Waals surface area contributed by atoms with E-state index < -0.39 is 5.97 Å². The highest BCUT2D eigenvalue weighted by atomic mass is 16.5. The van der Waals surface area contributed by atoms with Gasteiger partial charge < -0.3 is 4.74 Å². The summed E-state index contributed by atoms with van der Waals surface area (Å²) < 4.78 is 4.92. The molecule has 0 atom stereocenters. The molecule has 3 heteroatoms. The van der Waals surface area contributed by atoms with Crippen LogP contribution in [0, 0.1) is 5.41 Å². The fourth-order valence-corrected chi connectivity index (χ4v) is 1.52. The second kappa shape index (κ2) is 6.46. The Morgan fingerprint density at radius 3 is 2.38 bits per heavy atom. The Balaban J connectivity index is 4.08. The van der Waals surface area contributed by atoms with Crippen LogP contribution in [0.25, 0.3) is 0 Å². The van der Waals surface area contributed by atoms with Gasteiger partial charge in [-0.15, -0.1) is 6.58 Å². The second-order valence-electron chi connectivity index (χ2n) is 5.09. The third kappa shape index (κ3) is 7.21. The minimum absolute atomic E-state index is 0.0718. The molecule has 0 rings (SSSR count). The van der Waals surface area contributed by atoms with Gasteiger partial charge in [0.05, 0.1) is 6.10 Å². The summed E-state index contributed by atoms with van der Waals surface area (Å²) in [6.45, 7) is 11.2. The van der Waals surface area contributed by atoms with E-state index in [1.807, 2.05) is 13.8 Å². The summed E-state index contributed by atoms with van der Waals surface area (Å²) in [5, 5.41) is 0.